The number of halogens is 1. The van der Waals surface area contributed by atoms with E-state index in [2.05, 4.69) is 21.2 Å². The van der Waals surface area contributed by atoms with Crippen molar-refractivity contribution in [3.05, 3.63) is 24.0 Å². The number of piperidine rings is 1. The molecule has 0 spiro atoms. The molecule has 5 nitrogen and oxygen atoms in total. The van der Waals surface area contributed by atoms with Gasteiger partial charge >= 0.3 is 0 Å². The molecule has 4 aliphatic rings. The van der Waals surface area contributed by atoms with Crippen LogP contribution in [-0.2, 0) is 9.47 Å². The highest BCUT2D eigenvalue weighted by Gasteiger charge is 2.59. The highest BCUT2D eigenvalue weighted by molar-refractivity contribution is 5.63. The number of ether oxygens (including phenoxy) is 2. The molecule has 5 rings (SSSR count). The van der Waals surface area contributed by atoms with Crippen molar-refractivity contribution in [3.63, 3.8) is 0 Å². The first-order chi connectivity index (χ1) is 12.7. The Balaban J connectivity index is 1.34. The van der Waals surface area contributed by atoms with Gasteiger partial charge in [0, 0.05) is 64.1 Å². The number of anilines is 2. The smallest absolute Gasteiger partial charge is 0.160 e. The van der Waals surface area contributed by atoms with Crippen molar-refractivity contribution in [2.75, 3.05) is 50.2 Å². The molecule has 4 atom stereocenters. The van der Waals surface area contributed by atoms with Gasteiger partial charge in [0.25, 0.3) is 0 Å². The molecule has 4 fully saturated rings. The predicted octanol–water partition coefficient (Wildman–Crippen LogP) is 2.07. The Morgan fingerprint density at radius 1 is 1.08 bits per heavy atom. The van der Waals surface area contributed by atoms with Crippen LogP contribution >= 0.6 is 0 Å². The van der Waals surface area contributed by atoms with E-state index in [1.54, 1.807) is 20.3 Å². The fourth-order valence-corrected chi connectivity index (χ4v) is 5.69. The summed E-state index contributed by atoms with van der Waals surface area (Å²) in [5.74, 6) is 1.46. The van der Waals surface area contributed by atoms with Gasteiger partial charge in [-0.1, -0.05) is 0 Å². The third-order valence-corrected chi connectivity index (χ3v) is 6.99. The van der Waals surface area contributed by atoms with Gasteiger partial charge in [-0.15, -0.1) is 0 Å². The summed E-state index contributed by atoms with van der Waals surface area (Å²) in [6.45, 7) is 3.86. The van der Waals surface area contributed by atoms with Crippen molar-refractivity contribution in [2.45, 2.75) is 31.2 Å². The lowest BCUT2D eigenvalue weighted by Gasteiger charge is -2.38. The van der Waals surface area contributed by atoms with Crippen molar-refractivity contribution in [2.24, 2.45) is 17.8 Å². The van der Waals surface area contributed by atoms with Gasteiger partial charge in [0.1, 0.15) is 5.82 Å². The van der Waals surface area contributed by atoms with Gasteiger partial charge in [-0.3, -0.25) is 0 Å². The Morgan fingerprint density at radius 3 is 2.35 bits per heavy atom. The number of hydrogen-bond acceptors (Lipinski definition) is 5. The number of rotatable bonds is 5. The van der Waals surface area contributed by atoms with Gasteiger partial charge < -0.3 is 24.6 Å². The average Bonchev–Trinajstić information content (AvgIpc) is 3.02. The van der Waals surface area contributed by atoms with Gasteiger partial charge in [0.2, 0.25) is 0 Å². The quantitative estimate of drug-likeness (QED) is 0.813. The van der Waals surface area contributed by atoms with Gasteiger partial charge in [-0.25, -0.2) is 4.39 Å². The zero-order valence-electron chi connectivity index (χ0n) is 15.5. The van der Waals surface area contributed by atoms with E-state index in [0.717, 1.165) is 31.9 Å². The Kier molecular flexibility index (Phi) is 4.10. The Labute approximate surface area is 154 Å². The molecule has 142 valence electrons. The fraction of sp³-hybridized carbons (Fsp3) is 0.700. The maximum absolute atomic E-state index is 14.6. The minimum Gasteiger partial charge on any atom is -0.369 e. The topological polar surface area (TPSA) is 37.0 Å². The molecule has 0 aromatic heterocycles. The lowest BCUT2D eigenvalue weighted by molar-refractivity contribution is -0.121. The van der Waals surface area contributed by atoms with Crippen molar-refractivity contribution < 1.29 is 13.9 Å². The monoisotopic (exact) mass is 361 g/mol. The van der Waals surface area contributed by atoms with E-state index in [0.29, 0.717) is 29.8 Å². The molecule has 1 aromatic rings. The molecule has 6 heteroatoms. The van der Waals surface area contributed by atoms with E-state index in [-0.39, 0.29) is 12.1 Å². The van der Waals surface area contributed by atoms with E-state index < -0.39 is 0 Å². The summed E-state index contributed by atoms with van der Waals surface area (Å²) in [5.41, 5.74) is 1.94. The van der Waals surface area contributed by atoms with Crippen LogP contribution in [0.5, 0.6) is 0 Å². The predicted molar refractivity (Wildman–Crippen MR) is 99.0 cm³/mol. The van der Waals surface area contributed by atoms with E-state index in [9.17, 15) is 4.39 Å². The normalized spacial score (nSPS) is 35.3. The summed E-state index contributed by atoms with van der Waals surface area (Å²) in [6, 6.07) is 6.79. The summed E-state index contributed by atoms with van der Waals surface area (Å²) < 4.78 is 25.5. The molecule has 1 aliphatic carbocycles. The second-order valence-corrected chi connectivity index (χ2v) is 8.24. The van der Waals surface area contributed by atoms with Gasteiger partial charge in [0.15, 0.2) is 6.29 Å². The Morgan fingerprint density at radius 2 is 1.73 bits per heavy atom. The highest BCUT2D eigenvalue weighted by atomic mass is 19.1. The van der Waals surface area contributed by atoms with Crippen molar-refractivity contribution >= 4 is 11.4 Å². The fourth-order valence-electron chi connectivity index (χ4n) is 5.69. The van der Waals surface area contributed by atoms with Gasteiger partial charge in [0.05, 0.1) is 5.69 Å². The zero-order valence-corrected chi connectivity index (χ0v) is 15.5. The van der Waals surface area contributed by atoms with Crippen LogP contribution < -0.4 is 15.1 Å². The third kappa shape index (κ3) is 2.53. The summed E-state index contributed by atoms with van der Waals surface area (Å²) in [4.78, 5) is 4.74. The first kappa shape index (κ1) is 16.8. The van der Waals surface area contributed by atoms with Crippen molar-refractivity contribution in [1.29, 1.82) is 0 Å². The van der Waals surface area contributed by atoms with Crippen LogP contribution in [0.4, 0.5) is 15.8 Å². The molecular formula is C20H28FN3O2. The van der Waals surface area contributed by atoms with Crippen LogP contribution in [0.25, 0.3) is 0 Å². The largest absolute Gasteiger partial charge is 0.369 e. The first-order valence-corrected chi connectivity index (χ1v) is 9.80. The summed E-state index contributed by atoms with van der Waals surface area (Å²) in [7, 11) is 3.40. The van der Waals surface area contributed by atoms with Crippen molar-refractivity contribution in [1.82, 2.24) is 5.32 Å². The first-order valence-electron chi connectivity index (χ1n) is 9.80. The number of nitrogens with one attached hydrogen (secondary N) is 1. The van der Waals surface area contributed by atoms with Gasteiger partial charge in [-0.05, 0) is 42.9 Å². The van der Waals surface area contributed by atoms with Crippen LogP contribution in [0.1, 0.15) is 12.8 Å². The third-order valence-electron chi connectivity index (χ3n) is 6.99. The van der Waals surface area contributed by atoms with Crippen LogP contribution in [0, 0.1) is 23.6 Å². The van der Waals surface area contributed by atoms with E-state index >= 15 is 0 Å². The summed E-state index contributed by atoms with van der Waals surface area (Å²) in [5, 5.41) is 3.52. The number of fused-ring (bicyclic) bond motifs is 3. The van der Waals surface area contributed by atoms with Crippen molar-refractivity contribution in [3.8, 4) is 0 Å². The second kappa shape index (κ2) is 6.36. The SMILES string of the molecule is COC(OC)C1C2CN(c3cc(N4C5CCC4CNC5)ccc3F)CC21. The molecule has 0 amide bonds. The minimum atomic E-state index is -0.125. The van der Waals surface area contributed by atoms with Crippen LogP contribution in [-0.4, -0.2) is 58.8 Å². The lowest BCUT2D eigenvalue weighted by Crippen LogP contribution is -2.52. The molecule has 1 N–H and O–H groups in total. The summed E-state index contributed by atoms with van der Waals surface area (Å²) in [6.07, 6.45) is 2.34. The molecule has 0 radical (unpaired) electrons. The molecule has 1 aromatic carbocycles. The maximum atomic E-state index is 14.6. The Hall–Kier alpha value is -1.37. The molecule has 1 saturated carbocycles. The van der Waals surface area contributed by atoms with E-state index in [1.807, 2.05) is 6.07 Å². The second-order valence-electron chi connectivity index (χ2n) is 8.24. The molecular weight excluding hydrogens is 333 g/mol. The number of benzene rings is 1. The molecule has 26 heavy (non-hydrogen) atoms. The number of methoxy groups -OCH3 is 2. The summed E-state index contributed by atoms with van der Waals surface area (Å²) >= 11 is 0. The van der Waals surface area contributed by atoms with Crippen LogP contribution in [0.3, 0.4) is 0 Å². The van der Waals surface area contributed by atoms with Gasteiger partial charge in [-0.2, -0.15) is 0 Å². The minimum absolute atomic E-state index is 0.107. The molecule has 2 bridgehead atoms. The highest BCUT2D eigenvalue weighted by Crippen LogP contribution is 2.55. The Bertz CT molecular complexity index is 655. The zero-order chi connectivity index (χ0) is 17.8. The van der Waals surface area contributed by atoms with E-state index in [1.165, 1.54) is 18.5 Å². The number of piperazine rings is 1. The molecule has 3 heterocycles. The standard InChI is InChI=1S/C20H28FN3O2/c1-25-20(26-2)19-15-10-23(11-16(15)19)18-7-12(5-6-17(18)21)24-13-3-4-14(24)9-22-8-13/h5-7,13-16,19-20,22H,3-4,8-11H2,1-2H3. The van der Waals surface area contributed by atoms with Crippen LogP contribution in [0.15, 0.2) is 18.2 Å². The number of nitrogens with zero attached hydrogens (tertiary/aromatic N) is 2. The lowest BCUT2D eigenvalue weighted by atomic mass is 10.1. The number of hydrogen-bond donors (Lipinski definition) is 1. The molecule has 3 saturated heterocycles. The van der Waals surface area contributed by atoms with E-state index in [4.69, 9.17) is 9.47 Å². The van der Waals surface area contributed by atoms with Crippen LogP contribution in [0.2, 0.25) is 0 Å². The molecule has 3 aliphatic heterocycles. The maximum Gasteiger partial charge on any atom is 0.160 e. The average molecular weight is 361 g/mol. The molecule has 4 unspecified atom stereocenters.